The summed E-state index contributed by atoms with van der Waals surface area (Å²) >= 11 is 0. The highest BCUT2D eigenvalue weighted by molar-refractivity contribution is 6.13. The molecular formula is C21H24N2O2. The third kappa shape index (κ3) is 3.58. The molecule has 1 saturated carbocycles. The van der Waals surface area contributed by atoms with Crippen LogP contribution in [0.25, 0.3) is 0 Å². The number of hydrogen-bond donors (Lipinski definition) is 2. The number of rotatable bonds is 5. The van der Waals surface area contributed by atoms with Gasteiger partial charge in [-0.15, -0.1) is 0 Å². The molecule has 0 spiro atoms. The molecule has 2 aromatic rings. The summed E-state index contributed by atoms with van der Waals surface area (Å²) in [4.78, 5) is 25.4. The van der Waals surface area contributed by atoms with E-state index in [1.807, 2.05) is 69.3 Å². The highest BCUT2D eigenvalue weighted by atomic mass is 16.2. The minimum Gasteiger partial charge on any atom is -0.349 e. The number of aryl methyl sites for hydroxylation is 2. The van der Waals surface area contributed by atoms with Crippen LogP contribution < -0.4 is 10.6 Å². The first-order chi connectivity index (χ1) is 11.9. The Kier molecular flexibility index (Phi) is 4.62. The number of carbonyl (C=O) groups is 2. The molecule has 4 heteroatoms. The Balaban J connectivity index is 1.68. The molecule has 2 amide bonds. The largest absolute Gasteiger partial charge is 0.349 e. The third-order valence-electron chi connectivity index (χ3n) is 4.90. The highest BCUT2D eigenvalue weighted by Crippen LogP contribution is 2.47. The van der Waals surface area contributed by atoms with Crippen LogP contribution in [0, 0.1) is 19.3 Å². The molecule has 1 aliphatic carbocycles. The van der Waals surface area contributed by atoms with Gasteiger partial charge in [0.15, 0.2) is 0 Å². The smallest absolute Gasteiger partial charge is 0.240 e. The zero-order valence-corrected chi connectivity index (χ0v) is 14.9. The van der Waals surface area contributed by atoms with E-state index >= 15 is 0 Å². The zero-order chi connectivity index (χ0) is 18.0. The van der Waals surface area contributed by atoms with Crippen LogP contribution in [-0.4, -0.2) is 11.8 Å². The van der Waals surface area contributed by atoms with Crippen LogP contribution in [0.15, 0.2) is 48.5 Å². The van der Waals surface area contributed by atoms with E-state index in [2.05, 4.69) is 10.6 Å². The Bertz CT molecular complexity index is 795. The topological polar surface area (TPSA) is 58.2 Å². The molecule has 1 unspecified atom stereocenters. The van der Waals surface area contributed by atoms with Crippen LogP contribution in [0.2, 0.25) is 0 Å². The summed E-state index contributed by atoms with van der Waals surface area (Å²) in [5.41, 5.74) is 3.01. The van der Waals surface area contributed by atoms with E-state index in [0.717, 1.165) is 22.4 Å². The van der Waals surface area contributed by atoms with Crippen LogP contribution in [0.1, 0.15) is 42.5 Å². The van der Waals surface area contributed by atoms with Crippen molar-refractivity contribution in [1.82, 2.24) is 5.32 Å². The van der Waals surface area contributed by atoms with Gasteiger partial charge in [-0.1, -0.05) is 48.0 Å². The molecule has 130 valence electrons. The lowest BCUT2D eigenvalue weighted by Crippen LogP contribution is -2.41. The lowest BCUT2D eigenvalue weighted by Gasteiger charge is -2.20. The van der Waals surface area contributed by atoms with Crippen molar-refractivity contribution in [2.75, 3.05) is 5.32 Å². The molecule has 2 N–H and O–H groups in total. The Labute approximate surface area is 148 Å². The molecule has 3 rings (SSSR count). The summed E-state index contributed by atoms with van der Waals surface area (Å²) in [6.07, 6.45) is 1.19. The molecule has 2 aromatic carbocycles. The molecule has 1 fully saturated rings. The predicted octanol–water partition coefficient (Wildman–Crippen LogP) is 3.90. The number of anilines is 1. The van der Waals surface area contributed by atoms with Gasteiger partial charge in [0.05, 0.1) is 6.04 Å². The molecular weight excluding hydrogens is 312 g/mol. The Morgan fingerprint density at radius 3 is 2.28 bits per heavy atom. The minimum absolute atomic E-state index is 0.125. The highest BCUT2D eigenvalue weighted by Gasteiger charge is 2.56. The molecule has 0 radical (unpaired) electrons. The Morgan fingerprint density at radius 1 is 1.00 bits per heavy atom. The van der Waals surface area contributed by atoms with Crippen molar-refractivity contribution in [2.24, 2.45) is 5.41 Å². The maximum absolute atomic E-state index is 12.7. The van der Waals surface area contributed by atoms with Crippen LogP contribution in [0.4, 0.5) is 5.69 Å². The second kappa shape index (κ2) is 6.71. The number of amides is 2. The Morgan fingerprint density at radius 2 is 1.68 bits per heavy atom. The van der Waals surface area contributed by atoms with Crippen LogP contribution >= 0.6 is 0 Å². The van der Waals surface area contributed by atoms with Crippen molar-refractivity contribution in [3.8, 4) is 0 Å². The van der Waals surface area contributed by atoms with Gasteiger partial charge in [-0.3, -0.25) is 9.59 Å². The summed E-state index contributed by atoms with van der Waals surface area (Å²) in [5.74, 6) is -0.400. The van der Waals surface area contributed by atoms with E-state index in [9.17, 15) is 9.59 Å². The van der Waals surface area contributed by atoms with Crippen LogP contribution in [0.3, 0.4) is 0 Å². The molecule has 0 heterocycles. The van der Waals surface area contributed by atoms with Crippen molar-refractivity contribution in [3.63, 3.8) is 0 Å². The van der Waals surface area contributed by atoms with E-state index in [-0.39, 0.29) is 17.9 Å². The van der Waals surface area contributed by atoms with Gasteiger partial charge in [-0.2, -0.15) is 0 Å². The van der Waals surface area contributed by atoms with E-state index in [4.69, 9.17) is 0 Å². The van der Waals surface area contributed by atoms with Crippen molar-refractivity contribution in [1.29, 1.82) is 0 Å². The second-order valence-corrected chi connectivity index (χ2v) is 6.96. The van der Waals surface area contributed by atoms with Gasteiger partial charge < -0.3 is 10.6 Å². The summed E-state index contributed by atoms with van der Waals surface area (Å²) in [6.45, 7) is 5.91. The zero-order valence-electron chi connectivity index (χ0n) is 14.9. The fourth-order valence-electron chi connectivity index (χ4n) is 3.04. The van der Waals surface area contributed by atoms with Crippen LogP contribution in [-0.2, 0) is 9.59 Å². The number of hydrogen-bond acceptors (Lipinski definition) is 2. The third-order valence-corrected chi connectivity index (χ3v) is 4.90. The maximum Gasteiger partial charge on any atom is 0.240 e. The maximum atomic E-state index is 12.7. The van der Waals surface area contributed by atoms with E-state index in [1.54, 1.807) is 0 Å². The number of carbonyl (C=O) groups excluding carboxylic acids is 2. The van der Waals surface area contributed by atoms with Crippen molar-refractivity contribution in [2.45, 2.75) is 39.7 Å². The fraction of sp³-hybridized carbons (Fsp3) is 0.333. The van der Waals surface area contributed by atoms with Crippen molar-refractivity contribution < 1.29 is 9.59 Å². The SMILES string of the molecule is Cc1ccc(NC(=O)C2(C(=O)NC(C)c3ccccc3)CC2)c(C)c1. The van der Waals surface area contributed by atoms with Gasteiger partial charge in [-0.05, 0) is 50.8 Å². The lowest BCUT2D eigenvalue weighted by molar-refractivity contribution is -0.134. The summed E-state index contributed by atoms with van der Waals surface area (Å²) < 4.78 is 0. The molecule has 0 saturated heterocycles. The summed E-state index contributed by atoms with van der Waals surface area (Å²) in [6, 6.07) is 15.5. The predicted molar refractivity (Wildman–Crippen MR) is 99.2 cm³/mol. The molecule has 0 aliphatic heterocycles. The lowest BCUT2D eigenvalue weighted by atomic mass is 10.0. The fourth-order valence-corrected chi connectivity index (χ4v) is 3.04. The quantitative estimate of drug-likeness (QED) is 0.814. The van der Waals surface area contributed by atoms with Crippen LogP contribution in [0.5, 0.6) is 0 Å². The Hall–Kier alpha value is -2.62. The molecule has 0 bridgehead atoms. The number of benzene rings is 2. The van der Waals surface area contributed by atoms with Gasteiger partial charge in [-0.25, -0.2) is 0 Å². The molecule has 4 nitrogen and oxygen atoms in total. The van der Waals surface area contributed by atoms with Gasteiger partial charge >= 0.3 is 0 Å². The standard InChI is InChI=1S/C21H24N2O2/c1-14-9-10-18(15(2)13-14)23-20(25)21(11-12-21)19(24)22-16(3)17-7-5-4-6-8-17/h4-10,13,16H,11-12H2,1-3H3,(H,22,24)(H,23,25). The summed E-state index contributed by atoms with van der Waals surface area (Å²) in [7, 11) is 0. The monoisotopic (exact) mass is 336 g/mol. The van der Waals surface area contributed by atoms with Gasteiger partial charge in [0.1, 0.15) is 5.41 Å². The van der Waals surface area contributed by atoms with E-state index in [1.165, 1.54) is 0 Å². The first-order valence-electron chi connectivity index (χ1n) is 8.67. The first kappa shape index (κ1) is 17.2. The van der Waals surface area contributed by atoms with Gasteiger partial charge in [0, 0.05) is 5.69 Å². The summed E-state index contributed by atoms with van der Waals surface area (Å²) in [5, 5.41) is 5.92. The number of nitrogens with one attached hydrogen (secondary N) is 2. The normalized spacial score (nSPS) is 16.0. The van der Waals surface area contributed by atoms with Gasteiger partial charge in [0.25, 0.3) is 0 Å². The minimum atomic E-state index is -0.930. The molecule has 1 aliphatic rings. The average molecular weight is 336 g/mol. The van der Waals surface area contributed by atoms with E-state index in [0.29, 0.717) is 12.8 Å². The van der Waals surface area contributed by atoms with E-state index < -0.39 is 5.41 Å². The average Bonchev–Trinajstić information content (AvgIpc) is 3.40. The first-order valence-corrected chi connectivity index (χ1v) is 8.67. The molecule has 25 heavy (non-hydrogen) atoms. The van der Waals surface area contributed by atoms with Crippen molar-refractivity contribution >= 4 is 17.5 Å². The van der Waals surface area contributed by atoms with Crippen molar-refractivity contribution in [3.05, 3.63) is 65.2 Å². The molecule has 0 aromatic heterocycles. The van der Waals surface area contributed by atoms with Gasteiger partial charge in [0.2, 0.25) is 11.8 Å². The molecule has 1 atom stereocenters. The second-order valence-electron chi connectivity index (χ2n) is 6.96.